The highest BCUT2D eigenvalue weighted by molar-refractivity contribution is 5.76. The monoisotopic (exact) mass is 363 g/mol. The molecule has 0 saturated heterocycles. The minimum Gasteiger partial charge on any atom is -0.508 e. The molecule has 146 valence electrons. The van der Waals surface area contributed by atoms with Crippen molar-refractivity contribution < 1.29 is 19.4 Å². The maximum absolute atomic E-state index is 11.9. The van der Waals surface area contributed by atoms with E-state index in [1.54, 1.807) is 12.1 Å². The molecule has 5 nitrogen and oxygen atoms in total. The Morgan fingerprint density at radius 2 is 1.62 bits per heavy atom. The van der Waals surface area contributed by atoms with E-state index >= 15 is 0 Å². The Balaban J connectivity index is 2.15. The van der Waals surface area contributed by atoms with E-state index in [1.165, 1.54) is 32.8 Å². The second kappa shape index (κ2) is 14.3. The molecule has 0 aliphatic heterocycles. The van der Waals surface area contributed by atoms with Gasteiger partial charge in [-0.15, -0.1) is 0 Å². The minimum atomic E-state index is -0.359. The van der Waals surface area contributed by atoms with E-state index in [0.717, 1.165) is 44.1 Å². The van der Waals surface area contributed by atoms with Crippen LogP contribution in [0.15, 0.2) is 24.3 Å². The second-order valence-corrected chi connectivity index (χ2v) is 6.68. The standard InChI is InChI=1S/C21H33NO4/c1-26-21(25)20(17-18-11-13-19(24)14-12-18)22-15-9-7-5-3-2-4-6-8-10-16-23/h11-14,16,20,22,24H,2-10,15,17H2,1H3. The molecular formula is C21H33NO4. The van der Waals surface area contributed by atoms with Crippen molar-refractivity contribution >= 4 is 12.3 Å². The third-order valence-electron chi connectivity index (χ3n) is 4.50. The number of unbranched alkanes of at least 4 members (excludes halogenated alkanes) is 8. The van der Waals surface area contributed by atoms with E-state index in [1.807, 2.05) is 12.1 Å². The van der Waals surface area contributed by atoms with Crippen molar-refractivity contribution in [1.29, 1.82) is 0 Å². The van der Waals surface area contributed by atoms with Crippen LogP contribution in [0.3, 0.4) is 0 Å². The molecule has 1 rings (SSSR count). The first-order valence-electron chi connectivity index (χ1n) is 9.70. The number of benzene rings is 1. The lowest BCUT2D eigenvalue weighted by Crippen LogP contribution is -2.40. The van der Waals surface area contributed by atoms with Gasteiger partial charge in [0.1, 0.15) is 18.1 Å². The largest absolute Gasteiger partial charge is 0.508 e. The number of carbonyl (C=O) groups excluding carboxylic acids is 2. The lowest BCUT2D eigenvalue weighted by molar-refractivity contribution is -0.143. The molecule has 0 aliphatic carbocycles. The molecule has 0 heterocycles. The van der Waals surface area contributed by atoms with Gasteiger partial charge < -0.3 is 20.0 Å². The summed E-state index contributed by atoms with van der Waals surface area (Å²) in [5.41, 5.74) is 0.986. The first kappa shape index (κ1) is 22.2. The lowest BCUT2D eigenvalue weighted by Gasteiger charge is -2.16. The molecule has 1 aromatic carbocycles. The zero-order valence-electron chi connectivity index (χ0n) is 15.9. The van der Waals surface area contributed by atoms with Crippen LogP contribution in [0.5, 0.6) is 5.75 Å². The molecule has 1 atom stereocenters. The summed E-state index contributed by atoms with van der Waals surface area (Å²) in [5.74, 6) is -0.0338. The van der Waals surface area contributed by atoms with Gasteiger partial charge in [0.25, 0.3) is 0 Å². The molecule has 1 unspecified atom stereocenters. The van der Waals surface area contributed by atoms with Crippen molar-refractivity contribution in [2.24, 2.45) is 0 Å². The van der Waals surface area contributed by atoms with E-state index in [4.69, 9.17) is 4.74 Å². The van der Waals surface area contributed by atoms with Crippen molar-refractivity contribution in [2.75, 3.05) is 13.7 Å². The van der Waals surface area contributed by atoms with Gasteiger partial charge >= 0.3 is 5.97 Å². The Bertz CT molecular complexity index is 501. The van der Waals surface area contributed by atoms with Gasteiger partial charge in [-0.1, -0.05) is 50.7 Å². The summed E-state index contributed by atoms with van der Waals surface area (Å²) in [4.78, 5) is 22.2. The van der Waals surface area contributed by atoms with Crippen LogP contribution < -0.4 is 5.32 Å². The smallest absolute Gasteiger partial charge is 0.323 e. The molecule has 2 N–H and O–H groups in total. The maximum Gasteiger partial charge on any atom is 0.323 e. The molecule has 0 saturated carbocycles. The summed E-state index contributed by atoms with van der Waals surface area (Å²) in [5, 5.41) is 12.6. The number of aldehydes is 1. The van der Waals surface area contributed by atoms with E-state index in [-0.39, 0.29) is 17.8 Å². The molecule has 26 heavy (non-hydrogen) atoms. The number of carbonyl (C=O) groups is 2. The Morgan fingerprint density at radius 3 is 2.19 bits per heavy atom. The van der Waals surface area contributed by atoms with E-state index in [0.29, 0.717) is 12.8 Å². The number of hydrogen-bond donors (Lipinski definition) is 2. The highest BCUT2D eigenvalue weighted by atomic mass is 16.5. The van der Waals surface area contributed by atoms with Crippen LogP contribution >= 0.6 is 0 Å². The number of phenolic OH excluding ortho intramolecular Hbond substituents is 1. The van der Waals surface area contributed by atoms with Gasteiger partial charge in [-0.05, 0) is 43.5 Å². The van der Waals surface area contributed by atoms with Gasteiger partial charge in [0.05, 0.1) is 7.11 Å². The Labute approximate surface area is 157 Å². The Morgan fingerprint density at radius 1 is 1.04 bits per heavy atom. The summed E-state index contributed by atoms with van der Waals surface area (Å²) < 4.78 is 4.89. The van der Waals surface area contributed by atoms with Gasteiger partial charge in [0.2, 0.25) is 0 Å². The fourth-order valence-corrected chi connectivity index (χ4v) is 2.94. The van der Waals surface area contributed by atoms with Crippen molar-refractivity contribution in [3.63, 3.8) is 0 Å². The van der Waals surface area contributed by atoms with Crippen LogP contribution in [-0.4, -0.2) is 37.1 Å². The lowest BCUT2D eigenvalue weighted by atomic mass is 10.0. The average molecular weight is 363 g/mol. The number of phenols is 1. The fourth-order valence-electron chi connectivity index (χ4n) is 2.94. The van der Waals surface area contributed by atoms with Crippen LogP contribution in [0.25, 0.3) is 0 Å². The molecule has 0 aromatic heterocycles. The maximum atomic E-state index is 11.9. The molecule has 5 heteroatoms. The van der Waals surface area contributed by atoms with Crippen LogP contribution in [0, 0.1) is 0 Å². The zero-order chi connectivity index (χ0) is 19.0. The van der Waals surface area contributed by atoms with Crippen LogP contribution in [-0.2, 0) is 20.7 Å². The molecule has 0 bridgehead atoms. The summed E-state index contributed by atoms with van der Waals surface area (Å²) in [6.07, 6.45) is 11.5. The summed E-state index contributed by atoms with van der Waals surface area (Å²) in [6.45, 7) is 0.789. The summed E-state index contributed by atoms with van der Waals surface area (Å²) in [6, 6.07) is 6.54. The van der Waals surface area contributed by atoms with Crippen LogP contribution in [0.4, 0.5) is 0 Å². The molecule has 0 radical (unpaired) electrons. The topological polar surface area (TPSA) is 75.6 Å². The number of methoxy groups -OCH3 is 1. The van der Waals surface area contributed by atoms with E-state index in [2.05, 4.69) is 5.32 Å². The van der Waals surface area contributed by atoms with Gasteiger partial charge in [-0.2, -0.15) is 0 Å². The van der Waals surface area contributed by atoms with E-state index < -0.39 is 0 Å². The summed E-state index contributed by atoms with van der Waals surface area (Å²) >= 11 is 0. The minimum absolute atomic E-state index is 0.222. The molecule has 0 aliphatic rings. The number of ether oxygens (including phenoxy) is 1. The first-order chi connectivity index (χ1) is 12.7. The van der Waals surface area contributed by atoms with E-state index in [9.17, 15) is 14.7 Å². The molecule has 0 amide bonds. The van der Waals surface area contributed by atoms with Crippen molar-refractivity contribution in [3.05, 3.63) is 29.8 Å². The van der Waals surface area contributed by atoms with Crippen LogP contribution in [0.1, 0.15) is 63.4 Å². The third-order valence-corrected chi connectivity index (χ3v) is 4.50. The van der Waals surface area contributed by atoms with Gasteiger partial charge in [-0.3, -0.25) is 4.79 Å². The van der Waals surface area contributed by atoms with Gasteiger partial charge in [0, 0.05) is 6.42 Å². The predicted octanol–water partition coefficient (Wildman–Crippen LogP) is 3.78. The van der Waals surface area contributed by atoms with Gasteiger partial charge in [-0.25, -0.2) is 0 Å². The molecule has 0 spiro atoms. The SMILES string of the molecule is COC(=O)C(Cc1ccc(O)cc1)NCCCCCCCCCCC=O. The van der Waals surface area contributed by atoms with Crippen molar-refractivity contribution in [3.8, 4) is 5.75 Å². The third kappa shape index (κ3) is 10.2. The molecule has 0 fully saturated rings. The predicted molar refractivity (Wildman–Crippen MR) is 103 cm³/mol. The second-order valence-electron chi connectivity index (χ2n) is 6.68. The first-order valence-corrected chi connectivity index (χ1v) is 9.70. The normalized spacial score (nSPS) is 11.9. The van der Waals surface area contributed by atoms with Gasteiger partial charge in [0.15, 0.2) is 0 Å². The number of rotatable bonds is 15. The van der Waals surface area contributed by atoms with Crippen molar-refractivity contribution in [2.45, 2.75) is 70.3 Å². The zero-order valence-corrected chi connectivity index (χ0v) is 15.9. The molecule has 1 aromatic rings. The molecular weight excluding hydrogens is 330 g/mol. The van der Waals surface area contributed by atoms with Crippen LogP contribution in [0.2, 0.25) is 0 Å². The quantitative estimate of drug-likeness (QED) is 0.282. The number of aromatic hydroxyl groups is 1. The number of hydrogen-bond acceptors (Lipinski definition) is 5. The Hall–Kier alpha value is -1.88. The number of nitrogens with one attached hydrogen (secondary N) is 1. The Kier molecular flexibility index (Phi) is 12.2. The highest BCUT2D eigenvalue weighted by Crippen LogP contribution is 2.12. The number of esters is 1. The fraction of sp³-hybridized carbons (Fsp3) is 0.619. The average Bonchev–Trinajstić information content (AvgIpc) is 2.66. The highest BCUT2D eigenvalue weighted by Gasteiger charge is 2.18. The van der Waals surface area contributed by atoms with Crippen molar-refractivity contribution in [1.82, 2.24) is 5.32 Å². The summed E-state index contributed by atoms with van der Waals surface area (Å²) in [7, 11) is 1.41.